The lowest BCUT2D eigenvalue weighted by Crippen LogP contribution is -2.57. The van der Waals surface area contributed by atoms with Crippen molar-refractivity contribution >= 4 is 35.9 Å². The van der Waals surface area contributed by atoms with Gasteiger partial charge in [-0.3, -0.25) is 9.89 Å². The lowest BCUT2D eigenvalue weighted by Gasteiger charge is -2.43. The number of aromatic nitrogens is 2. The van der Waals surface area contributed by atoms with Crippen molar-refractivity contribution in [1.82, 2.24) is 25.1 Å². The van der Waals surface area contributed by atoms with E-state index >= 15 is 0 Å². The molecule has 1 saturated heterocycles. The van der Waals surface area contributed by atoms with Crippen LogP contribution < -0.4 is 10.2 Å². The van der Waals surface area contributed by atoms with Crippen LogP contribution in [-0.4, -0.2) is 77.6 Å². The van der Waals surface area contributed by atoms with Crippen LogP contribution in [0.25, 0.3) is 0 Å². The largest absolute Gasteiger partial charge is 0.354 e. The molecule has 0 saturated carbocycles. The van der Waals surface area contributed by atoms with Crippen LogP contribution in [0.5, 0.6) is 0 Å². The minimum absolute atomic E-state index is 0. The standard InChI is InChI=1S/C23H33N7.HI/c1-23(2,30-12-9-19-7-4-5-8-20(19)17-30)18-27-21(24-3)28-13-15-29(16-14-28)22-25-10-6-11-26-22;/h4-8,10-11H,9,12-18H2,1-3H3,(H,24,27);1H. The normalized spacial score (nSPS) is 17.7. The van der Waals surface area contributed by atoms with E-state index in [1.54, 1.807) is 12.4 Å². The van der Waals surface area contributed by atoms with Crippen LogP contribution in [0.2, 0.25) is 0 Å². The molecule has 4 rings (SSSR count). The molecule has 0 amide bonds. The SMILES string of the molecule is CN=C(NCC(C)(C)N1CCc2ccccc2C1)N1CCN(c2ncccn2)CC1.I. The second-order valence-electron chi connectivity index (χ2n) is 8.68. The summed E-state index contributed by atoms with van der Waals surface area (Å²) < 4.78 is 0. The summed E-state index contributed by atoms with van der Waals surface area (Å²) in [6, 6.07) is 10.7. The molecule has 0 aliphatic carbocycles. The molecule has 0 unspecified atom stereocenters. The second kappa shape index (κ2) is 10.6. The number of nitrogens with one attached hydrogen (secondary N) is 1. The van der Waals surface area contributed by atoms with Crippen molar-refractivity contribution in [3.8, 4) is 0 Å². The quantitative estimate of drug-likeness (QED) is 0.369. The van der Waals surface area contributed by atoms with Gasteiger partial charge in [-0.05, 0) is 37.5 Å². The molecule has 0 radical (unpaired) electrons. The summed E-state index contributed by atoms with van der Waals surface area (Å²) >= 11 is 0. The van der Waals surface area contributed by atoms with Gasteiger partial charge in [-0.2, -0.15) is 0 Å². The Morgan fingerprint density at radius 3 is 2.35 bits per heavy atom. The highest BCUT2D eigenvalue weighted by Gasteiger charge is 2.30. The Morgan fingerprint density at radius 2 is 1.68 bits per heavy atom. The second-order valence-corrected chi connectivity index (χ2v) is 8.68. The van der Waals surface area contributed by atoms with Gasteiger partial charge in [-0.1, -0.05) is 24.3 Å². The number of fused-ring (bicyclic) bond motifs is 1. The fourth-order valence-electron chi connectivity index (χ4n) is 4.32. The molecular formula is C23H34IN7. The van der Waals surface area contributed by atoms with Gasteiger partial charge in [-0.15, -0.1) is 24.0 Å². The highest BCUT2D eigenvalue weighted by atomic mass is 127. The van der Waals surface area contributed by atoms with Gasteiger partial charge in [-0.25, -0.2) is 9.97 Å². The topological polar surface area (TPSA) is 59.9 Å². The number of nitrogens with zero attached hydrogens (tertiary/aromatic N) is 6. The van der Waals surface area contributed by atoms with E-state index in [0.717, 1.165) is 64.1 Å². The van der Waals surface area contributed by atoms with E-state index in [1.807, 2.05) is 13.1 Å². The summed E-state index contributed by atoms with van der Waals surface area (Å²) in [5, 5.41) is 3.64. The Hall–Kier alpha value is -1.94. The van der Waals surface area contributed by atoms with Gasteiger partial charge >= 0.3 is 0 Å². The summed E-state index contributed by atoms with van der Waals surface area (Å²) in [6.07, 6.45) is 4.73. The van der Waals surface area contributed by atoms with Gasteiger partial charge in [0.2, 0.25) is 5.95 Å². The number of benzene rings is 1. The third-order valence-electron chi connectivity index (χ3n) is 6.29. The van der Waals surface area contributed by atoms with Crippen molar-refractivity contribution in [1.29, 1.82) is 0 Å². The first kappa shape index (κ1) is 23.7. The highest BCUT2D eigenvalue weighted by molar-refractivity contribution is 14.0. The van der Waals surface area contributed by atoms with Crippen LogP contribution in [0.1, 0.15) is 25.0 Å². The Kier molecular flexibility index (Phi) is 8.10. The first-order chi connectivity index (χ1) is 14.6. The summed E-state index contributed by atoms with van der Waals surface area (Å²) in [6.45, 7) is 11.2. The van der Waals surface area contributed by atoms with Crippen molar-refractivity contribution in [3.05, 3.63) is 53.9 Å². The molecule has 7 nitrogen and oxygen atoms in total. The predicted octanol–water partition coefficient (Wildman–Crippen LogP) is 2.63. The monoisotopic (exact) mass is 535 g/mol. The maximum atomic E-state index is 4.56. The van der Waals surface area contributed by atoms with Gasteiger partial charge in [0, 0.05) is 70.8 Å². The van der Waals surface area contributed by atoms with Crippen LogP contribution in [0, 0.1) is 0 Å². The van der Waals surface area contributed by atoms with Gasteiger partial charge in [0.25, 0.3) is 0 Å². The summed E-state index contributed by atoms with van der Waals surface area (Å²) in [7, 11) is 1.87. The average Bonchev–Trinajstić information content (AvgIpc) is 2.80. The van der Waals surface area contributed by atoms with E-state index in [2.05, 4.69) is 73.1 Å². The maximum absolute atomic E-state index is 4.56. The number of hydrogen-bond acceptors (Lipinski definition) is 5. The van der Waals surface area contributed by atoms with Gasteiger partial charge in [0.05, 0.1) is 0 Å². The molecule has 0 spiro atoms. The molecule has 168 valence electrons. The first-order valence-corrected chi connectivity index (χ1v) is 10.9. The Morgan fingerprint density at radius 1 is 1.00 bits per heavy atom. The van der Waals surface area contributed by atoms with E-state index in [-0.39, 0.29) is 29.5 Å². The fourth-order valence-corrected chi connectivity index (χ4v) is 4.32. The minimum Gasteiger partial charge on any atom is -0.354 e. The van der Waals surface area contributed by atoms with Gasteiger partial charge in [0.15, 0.2) is 5.96 Å². The molecule has 1 fully saturated rings. The summed E-state index contributed by atoms with van der Waals surface area (Å²) in [5.74, 6) is 1.79. The number of anilines is 1. The highest BCUT2D eigenvalue weighted by Crippen LogP contribution is 2.25. The van der Waals surface area contributed by atoms with Crippen molar-refractivity contribution in [2.24, 2.45) is 4.99 Å². The molecule has 2 aliphatic heterocycles. The van der Waals surface area contributed by atoms with Crippen LogP contribution in [-0.2, 0) is 13.0 Å². The molecule has 3 heterocycles. The molecule has 31 heavy (non-hydrogen) atoms. The Bertz CT molecular complexity index is 863. The zero-order valence-electron chi connectivity index (χ0n) is 18.8. The molecule has 0 bridgehead atoms. The number of aliphatic imine (C=N–C) groups is 1. The smallest absolute Gasteiger partial charge is 0.225 e. The molecule has 2 aliphatic rings. The number of guanidine groups is 1. The van der Waals surface area contributed by atoms with Crippen LogP contribution in [0.15, 0.2) is 47.7 Å². The Labute approximate surface area is 203 Å². The molecule has 0 atom stereocenters. The minimum atomic E-state index is 0. The number of piperazine rings is 1. The molecule has 1 aromatic heterocycles. The molecule has 8 heteroatoms. The third kappa shape index (κ3) is 5.65. The first-order valence-electron chi connectivity index (χ1n) is 10.9. The van der Waals surface area contributed by atoms with Crippen molar-refractivity contribution < 1.29 is 0 Å². The van der Waals surface area contributed by atoms with E-state index in [0.29, 0.717) is 0 Å². The van der Waals surface area contributed by atoms with Crippen LogP contribution in [0.3, 0.4) is 0 Å². The predicted molar refractivity (Wildman–Crippen MR) is 137 cm³/mol. The van der Waals surface area contributed by atoms with Gasteiger partial charge < -0.3 is 15.1 Å². The van der Waals surface area contributed by atoms with Crippen LogP contribution >= 0.6 is 24.0 Å². The zero-order valence-corrected chi connectivity index (χ0v) is 21.1. The van der Waals surface area contributed by atoms with Gasteiger partial charge in [0.1, 0.15) is 0 Å². The third-order valence-corrected chi connectivity index (χ3v) is 6.29. The van der Waals surface area contributed by atoms with E-state index < -0.39 is 0 Å². The van der Waals surface area contributed by atoms with E-state index in [1.165, 1.54) is 11.1 Å². The van der Waals surface area contributed by atoms with Crippen molar-refractivity contribution in [2.45, 2.75) is 32.4 Å². The fraction of sp³-hybridized carbons (Fsp3) is 0.522. The Balaban J connectivity index is 0.00000272. The van der Waals surface area contributed by atoms with E-state index in [9.17, 15) is 0 Å². The average molecular weight is 535 g/mol. The lowest BCUT2D eigenvalue weighted by atomic mass is 9.94. The maximum Gasteiger partial charge on any atom is 0.225 e. The van der Waals surface area contributed by atoms with Crippen LogP contribution in [0.4, 0.5) is 5.95 Å². The molecule has 1 N–H and O–H groups in total. The van der Waals surface area contributed by atoms with Crippen molar-refractivity contribution in [2.75, 3.05) is 51.2 Å². The molecule has 1 aromatic carbocycles. The zero-order chi connectivity index (χ0) is 21.0. The van der Waals surface area contributed by atoms with E-state index in [4.69, 9.17) is 0 Å². The number of hydrogen-bond donors (Lipinski definition) is 1. The van der Waals surface area contributed by atoms with Crippen molar-refractivity contribution in [3.63, 3.8) is 0 Å². The number of halogens is 1. The molecular weight excluding hydrogens is 501 g/mol. The lowest BCUT2D eigenvalue weighted by molar-refractivity contribution is 0.106. The number of rotatable bonds is 4. The summed E-state index contributed by atoms with van der Waals surface area (Å²) in [5.41, 5.74) is 3.00. The molecule has 2 aromatic rings. The summed E-state index contributed by atoms with van der Waals surface area (Å²) in [4.78, 5) is 20.5.